The van der Waals surface area contributed by atoms with Gasteiger partial charge in [0.25, 0.3) is 11.8 Å². The van der Waals surface area contributed by atoms with Crippen LogP contribution in [0.5, 0.6) is 23.0 Å². The van der Waals surface area contributed by atoms with E-state index in [9.17, 15) is 14.4 Å². The van der Waals surface area contributed by atoms with Crippen molar-refractivity contribution in [3.8, 4) is 23.0 Å². The van der Waals surface area contributed by atoms with Crippen LogP contribution in [0.4, 0.5) is 22.7 Å². The SMILES string of the molecule is COc1cc2c(cc1OCc1cc(COc3cc4c(cc3C)C(=O)N3c5ccccc5C[C@H]3C=N4)cc(OCCCCC(=O)NCCS)c1)N=C[C@@H]1Cc3ccccc3N1C2=O. The number of rotatable bonds is 15. The van der Waals surface area contributed by atoms with Crippen LogP contribution in [0.15, 0.2) is 101 Å². The maximum atomic E-state index is 14.0. The molecule has 0 spiro atoms. The van der Waals surface area contributed by atoms with Crippen molar-refractivity contribution in [2.24, 2.45) is 9.98 Å². The number of carbonyl (C=O) groups excluding carboxylic acids is 3. The van der Waals surface area contributed by atoms with Gasteiger partial charge in [0.2, 0.25) is 5.91 Å². The van der Waals surface area contributed by atoms with E-state index >= 15 is 0 Å². The van der Waals surface area contributed by atoms with Gasteiger partial charge < -0.3 is 24.3 Å². The molecule has 5 aromatic carbocycles. The predicted octanol–water partition coefficient (Wildman–Crippen LogP) is 8.33. The van der Waals surface area contributed by atoms with Crippen LogP contribution in [-0.4, -0.2) is 68.2 Å². The summed E-state index contributed by atoms with van der Waals surface area (Å²) in [7, 11) is 1.55. The summed E-state index contributed by atoms with van der Waals surface area (Å²) in [5, 5.41) is 2.85. The number of unbranched alkanes of at least 4 members (excludes halogenated alkanes) is 1. The summed E-state index contributed by atoms with van der Waals surface area (Å²) in [4.78, 5) is 53.2. The molecule has 0 fully saturated rings. The van der Waals surface area contributed by atoms with Crippen LogP contribution in [0.3, 0.4) is 0 Å². The van der Waals surface area contributed by atoms with E-state index in [1.165, 1.54) is 0 Å². The fourth-order valence-electron chi connectivity index (χ4n) is 8.55. The summed E-state index contributed by atoms with van der Waals surface area (Å²) in [6.07, 6.45) is 6.89. The standard InChI is InChI=1S/C49H47N5O7S/c1-30-17-38-40(51-26-35-21-33-9-3-5-11-42(33)53(35)48(38)56)24-44(30)60-28-31-18-32(20-37(19-31)59-15-8-7-13-47(55)50-14-16-62)29-61-46-25-41-39(23-45(46)58-2)49(57)54-36(27-52-41)22-34-10-4-6-12-43(34)54/h3-6,9-12,17-20,23-27,35-36,62H,7-8,13-16,21-22,28-29H2,1-2H3,(H,50,55)/t35-,36-/m0/s1. The second-order valence-corrected chi connectivity index (χ2v) is 16.3. The number of carbonyl (C=O) groups is 3. The third-order valence-corrected chi connectivity index (χ3v) is 11.8. The monoisotopic (exact) mass is 849 g/mol. The summed E-state index contributed by atoms with van der Waals surface area (Å²) in [6, 6.07) is 28.6. The third kappa shape index (κ3) is 8.24. The molecule has 2 atom stereocenters. The van der Waals surface area contributed by atoms with Crippen molar-refractivity contribution in [3.05, 3.63) is 130 Å². The molecule has 12 nitrogen and oxygen atoms in total. The minimum absolute atomic E-state index is 0.000426. The number of hydrogen-bond donors (Lipinski definition) is 2. The molecule has 3 amide bonds. The van der Waals surface area contributed by atoms with Crippen LogP contribution >= 0.6 is 12.6 Å². The number of methoxy groups -OCH3 is 1. The Balaban J connectivity index is 0.932. The molecule has 62 heavy (non-hydrogen) atoms. The summed E-state index contributed by atoms with van der Waals surface area (Å²) >= 11 is 4.16. The molecule has 4 heterocycles. The molecule has 5 aromatic rings. The highest BCUT2D eigenvalue weighted by molar-refractivity contribution is 7.80. The number of fused-ring (bicyclic) bond motifs is 8. The lowest BCUT2D eigenvalue weighted by Gasteiger charge is -2.22. The van der Waals surface area contributed by atoms with Gasteiger partial charge in [0, 0.05) is 67.5 Å². The summed E-state index contributed by atoms with van der Waals surface area (Å²) in [5.74, 6) is 2.48. The lowest BCUT2D eigenvalue weighted by Crippen LogP contribution is -2.37. The molecule has 0 saturated carbocycles. The number of para-hydroxylation sites is 2. The third-order valence-electron chi connectivity index (χ3n) is 11.6. The molecule has 4 aliphatic rings. The van der Waals surface area contributed by atoms with Crippen LogP contribution in [0, 0.1) is 6.92 Å². The highest BCUT2D eigenvalue weighted by Gasteiger charge is 2.38. The Labute approximate surface area is 366 Å². The molecular formula is C49H47N5O7S. The lowest BCUT2D eigenvalue weighted by atomic mass is 10.1. The maximum absolute atomic E-state index is 14.0. The van der Waals surface area contributed by atoms with Crippen molar-refractivity contribution >= 4 is 65.5 Å². The molecule has 0 saturated heterocycles. The molecule has 0 aromatic heterocycles. The normalized spacial score (nSPS) is 16.6. The Morgan fingerprint density at radius 3 is 1.92 bits per heavy atom. The zero-order valence-corrected chi connectivity index (χ0v) is 35.5. The first-order valence-electron chi connectivity index (χ1n) is 20.9. The van der Waals surface area contributed by atoms with Gasteiger partial charge >= 0.3 is 0 Å². The van der Waals surface area contributed by atoms with Crippen molar-refractivity contribution in [2.45, 2.75) is 64.3 Å². The number of thiol groups is 1. The van der Waals surface area contributed by atoms with E-state index in [1.807, 2.05) is 97.0 Å². The van der Waals surface area contributed by atoms with Crippen molar-refractivity contribution in [2.75, 3.05) is 35.8 Å². The van der Waals surface area contributed by atoms with Crippen LogP contribution in [0.25, 0.3) is 0 Å². The van der Waals surface area contributed by atoms with Gasteiger partial charge in [-0.05, 0) is 90.0 Å². The summed E-state index contributed by atoms with van der Waals surface area (Å²) in [5.41, 5.74) is 8.58. The highest BCUT2D eigenvalue weighted by atomic mass is 32.1. The zero-order valence-electron chi connectivity index (χ0n) is 34.6. The van der Waals surface area contributed by atoms with Crippen LogP contribution < -0.4 is 34.1 Å². The molecule has 9 rings (SSSR count). The molecule has 0 unspecified atom stereocenters. The van der Waals surface area contributed by atoms with Gasteiger partial charge in [0.15, 0.2) is 11.5 Å². The number of aryl methyl sites for hydroxylation is 1. The Morgan fingerprint density at radius 2 is 1.31 bits per heavy atom. The smallest absolute Gasteiger partial charge is 0.261 e. The summed E-state index contributed by atoms with van der Waals surface area (Å²) < 4.78 is 24.9. The van der Waals surface area contributed by atoms with E-state index < -0.39 is 0 Å². The van der Waals surface area contributed by atoms with Crippen molar-refractivity contribution < 1.29 is 33.3 Å². The van der Waals surface area contributed by atoms with Crippen molar-refractivity contribution in [1.29, 1.82) is 0 Å². The second-order valence-electron chi connectivity index (χ2n) is 15.8. The Hall–Kier alpha value is -6.60. The number of ether oxygens (including phenoxy) is 4. The van der Waals surface area contributed by atoms with Gasteiger partial charge in [-0.15, -0.1) is 0 Å². The fraction of sp³-hybridized carbons (Fsp3) is 0.286. The van der Waals surface area contributed by atoms with Crippen LogP contribution in [-0.2, 0) is 30.8 Å². The fourth-order valence-corrected chi connectivity index (χ4v) is 8.66. The molecule has 0 bridgehead atoms. The van der Waals surface area contributed by atoms with Crippen LogP contribution in [0.2, 0.25) is 0 Å². The highest BCUT2D eigenvalue weighted by Crippen LogP contribution is 2.42. The van der Waals surface area contributed by atoms with Crippen molar-refractivity contribution in [1.82, 2.24) is 5.32 Å². The quantitative estimate of drug-likeness (QED) is 0.0801. The van der Waals surface area contributed by atoms with E-state index in [0.29, 0.717) is 90.1 Å². The number of amides is 3. The molecule has 0 aliphatic carbocycles. The Morgan fingerprint density at radius 1 is 0.726 bits per heavy atom. The predicted molar refractivity (Wildman–Crippen MR) is 243 cm³/mol. The Kier molecular flexibility index (Phi) is 11.7. The van der Waals surface area contributed by atoms with Gasteiger partial charge in [-0.2, -0.15) is 12.6 Å². The van der Waals surface area contributed by atoms with Gasteiger partial charge in [0.05, 0.1) is 48.3 Å². The number of benzene rings is 5. The van der Waals surface area contributed by atoms with E-state index in [0.717, 1.165) is 45.6 Å². The summed E-state index contributed by atoms with van der Waals surface area (Å²) in [6.45, 7) is 3.24. The molecule has 0 radical (unpaired) electrons. The number of nitrogens with one attached hydrogen (secondary N) is 1. The number of anilines is 2. The lowest BCUT2D eigenvalue weighted by molar-refractivity contribution is -0.121. The topological polar surface area (TPSA) is 131 Å². The van der Waals surface area contributed by atoms with E-state index in [2.05, 4.69) is 24.0 Å². The number of nitrogens with zero attached hydrogens (tertiary/aromatic N) is 4. The average molecular weight is 850 g/mol. The first-order valence-corrected chi connectivity index (χ1v) is 21.6. The molecular weight excluding hydrogens is 803 g/mol. The van der Waals surface area contributed by atoms with E-state index in [1.54, 1.807) is 24.1 Å². The van der Waals surface area contributed by atoms with Gasteiger partial charge in [0.1, 0.15) is 24.7 Å². The minimum Gasteiger partial charge on any atom is -0.494 e. The molecule has 13 heteroatoms. The number of hydrogen-bond acceptors (Lipinski definition) is 10. The first-order chi connectivity index (χ1) is 30.3. The maximum Gasteiger partial charge on any atom is 0.261 e. The largest absolute Gasteiger partial charge is 0.494 e. The molecule has 1 N–H and O–H groups in total. The van der Waals surface area contributed by atoms with E-state index in [-0.39, 0.29) is 43.0 Å². The molecule has 4 aliphatic heterocycles. The van der Waals surface area contributed by atoms with Gasteiger partial charge in [-0.25, -0.2) is 0 Å². The zero-order chi connectivity index (χ0) is 42.7. The average Bonchev–Trinajstić information content (AvgIpc) is 3.78. The first kappa shape index (κ1) is 40.8. The van der Waals surface area contributed by atoms with Gasteiger partial charge in [-0.1, -0.05) is 36.4 Å². The van der Waals surface area contributed by atoms with E-state index in [4.69, 9.17) is 28.9 Å². The van der Waals surface area contributed by atoms with Gasteiger partial charge in [-0.3, -0.25) is 34.2 Å². The second kappa shape index (κ2) is 17.8. The minimum atomic E-state index is -0.179. The Bertz CT molecular complexity index is 2630. The van der Waals surface area contributed by atoms with Crippen LogP contribution in [0.1, 0.15) is 67.8 Å². The van der Waals surface area contributed by atoms with Crippen molar-refractivity contribution in [3.63, 3.8) is 0 Å². The molecule has 316 valence electrons. The number of aliphatic imine (C=N–C) groups is 2.